The molecule has 0 saturated carbocycles. The summed E-state index contributed by atoms with van der Waals surface area (Å²) in [4.78, 5) is 12.2. The predicted octanol–water partition coefficient (Wildman–Crippen LogP) is 6.03. The first-order chi connectivity index (χ1) is 14.6. The maximum atomic E-state index is 12.2. The Kier molecular flexibility index (Phi) is 6.35. The normalized spacial score (nSPS) is 11.1. The molecule has 0 aliphatic heterocycles. The van der Waals surface area contributed by atoms with Crippen LogP contribution in [0.4, 0.5) is 0 Å². The molecule has 150 valence electrons. The van der Waals surface area contributed by atoms with E-state index in [9.17, 15) is 4.79 Å². The van der Waals surface area contributed by atoms with Gasteiger partial charge in [0.1, 0.15) is 17.9 Å². The van der Waals surface area contributed by atoms with Gasteiger partial charge >= 0.3 is 5.91 Å². The van der Waals surface area contributed by atoms with Gasteiger partial charge in [-0.3, -0.25) is 4.79 Å². The quantitative estimate of drug-likeness (QED) is 0.188. The molecule has 1 N–H and O–H groups in total. The highest BCUT2D eigenvalue weighted by Crippen LogP contribution is 2.24. The van der Waals surface area contributed by atoms with Crippen LogP contribution < -0.4 is 10.2 Å². The first kappa shape index (κ1) is 20.4. The number of furan rings is 1. The molecule has 0 atom stereocenters. The van der Waals surface area contributed by atoms with Crippen LogP contribution in [0.25, 0.3) is 11.0 Å². The third-order valence-corrected chi connectivity index (χ3v) is 5.54. The molecule has 4 rings (SSSR count). The van der Waals surface area contributed by atoms with Gasteiger partial charge in [-0.2, -0.15) is 5.10 Å². The largest absolute Gasteiger partial charge is 0.488 e. The number of fused-ring (bicyclic) bond motifs is 1. The third-order valence-electron chi connectivity index (χ3n) is 4.33. The standard InChI is InChI=1S/C23H16ClIN2O3/c24-18-7-3-1-6-17(18)14-29-21-10-9-15(11-19(21)25)13-26-27-23(28)22-12-16-5-2-4-8-20(16)30-22/h1-13H,14H2,(H,27,28)/b26-13+. The van der Waals surface area contributed by atoms with Crippen LogP contribution in [0.3, 0.4) is 0 Å². The zero-order valence-corrected chi connectivity index (χ0v) is 18.6. The van der Waals surface area contributed by atoms with E-state index in [0.29, 0.717) is 17.2 Å². The monoisotopic (exact) mass is 530 g/mol. The second-order valence-corrected chi connectivity index (χ2v) is 7.99. The van der Waals surface area contributed by atoms with Gasteiger partial charge in [0.15, 0.2) is 5.76 Å². The van der Waals surface area contributed by atoms with Crippen molar-refractivity contribution >= 4 is 57.3 Å². The van der Waals surface area contributed by atoms with Gasteiger partial charge in [0.2, 0.25) is 0 Å². The Bertz CT molecular complexity index is 1200. The minimum atomic E-state index is -0.406. The van der Waals surface area contributed by atoms with Crippen molar-refractivity contribution in [1.29, 1.82) is 0 Å². The van der Waals surface area contributed by atoms with Crippen molar-refractivity contribution < 1.29 is 13.9 Å². The van der Waals surface area contributed by atoms with Gasteiger partial charge in [-0.25, -0.2) is 5.43 Å². The molecule has 0 aliphatic carbocycles. The number of rotatable bonds is 6. The summed E-state index contributed by atoms with van der Waals surface area (Å²) in [6.07, 6.45) is 1.57. The number of amides is 1. The molecule has 1 aromatic heterocycles. The topological polar surface area (TPSA) is 63.8 Å². The summed E-state index contributed by atoms with van der Waals surface area (Å²) in [6.45, 7) is 0.386. The van der Waals surface area contributed by atoms with E-state index < -0.39 is 5.91 Å². The van der Waals surface area contributed by atoms with Gasteiger partial charge in [0.05, 0.1) is 9.78 Å². The van der Waals surface area contributed by atoms with Gasteiger partial charge in [-0.05, 0) is 64.6 Å². The SMILES string of the molecule is O=C(N/N=C/c1ccc(OCc2ccccc2Cl)c(I)c1)c1cc2ccccc2o1. The van der Waals surface area contributed by atoms with E-state index >= 15 is 0 Å². The number of halogens is 2. The first-order valence-electron chi connectivity index (χ1n) is 9.08. The highest BCUT2D eigenvalue weighted by atomic mass is 127. The maximum Gasteiger partial charge on any atom is 0.307 e. The van der Waals surface area contributed by atoms with Crippen molar-refractivity contribution in [3.05, 3.63) is 98.3 Å². The van der Waals surface area contributed by atoms with Crippen LogP contribution in [0.5, 0.6) is 5.75 Å². The minimum absolute atomic E-state index is 0.214. The molecule has 3 aromatic carbocycles. The molecule has 7 heteroatoms. The second kappa shape index (κ2) is 9.32. The molecule has 0 aliphatic rings. The van der Waals surface area contributed by atoms with E-state index in [-0.39, 0.29) is 5.76 Å². The molecule has 0 fully saturated rings. The fraction of sp³-hybridized carbons (Fsp3) is 0.0435. The van der Waals surface area contributed by atoms with E-state index in [4.69, 9.17) is 20.8 Å². The van der Waals surface area contributed by atoms with Gasteiger partial charge in [-0.1, -0.05) is 48.0 Å². The van der Waals surface area contributed by atoms with Crippen molar-refractivity contribution in [2.75, 3.05) is 0 Å². The smallest absolute Gasteiger partial charge is 0.307 e. The molecule has 1 amide bonds. The first-order valence-corrected chi connectivity index (χ1v) is 10.5. The van der Waals surface area contributed by atoms with Gasteiger partial charge in [0.25, 0.3) is 0 Å². The molecular weight excluding hydrogens is 515 g/mol. The number of nitrogens with zero attached hydrogens (tertiary/aromatic N) is 1. The summed E-state index contributed by atoms with van der Waals surface area (Å²) in [5.41, 5.74) is 4.90. The Morgan fingerprint density at radius 2 is 1.90 bits per heavy atom. The lowest BCUT2D eigenvalue weighted by Gasteiger charge is -2.10. The van der Waals surface area contributed by atoms with Crippen LogP contribution in [0.15, 0.2) is 82.3 Å². The van der Waals surface area contributed by atoms with Gasteiger partial charge in [0, 0.05) is 16.0 Å². The van der Waals surface area contributed by atoms with Crippen molar-refractivity contribution in [1.82, 2.24) is 5.43 Å². The molecule has 0 saturated heterocycles. The van der Waals surface area contributed by atoms with Crippen LogP contribution in [0.1, 0.15) is 21.7 Å². The Balaban J connectivity index is 1.37. The minimum Gasteiger partial charge on any atom is -0.488 e. The highest BCUT2D eigenvalue weighted by Gasteiger charge is 2.11. The Morgan fingerprint density at radius 1 is 1.10 bits per heavy atom. The molecule has 0 bridgehead atoms. The summed E-state index contributed by atoms with van der Waals surface area (Å²) < 4.78 is 12.3. The molecule has 0 unspecified atom stereocenters. The number of hydrazone groups is 1. The average Bonchev–Trinajstić information content (AvgIpc) is 3.19. The zero-order valence-electron chi connectivity index (χ0n) is 15.6. The summed E-state index contributed by atoms with van der Waals surface area (Å²) in [7, 11) is 0. The molecule has 0 radical (unpaired) electrons. The molecule has 5 nitrogen and oxygen atoms in total. The van der Waals surface area contributed by atoms with Crippen molar-refractivity contribution in [2.24, 2.45) is 5.10 Å². The summed E-state index contributed by atoms with van der Waals surface area (Å²) >= 11 is 8.36. The van der Waals surface area contributed by atoms with Crippen LogP contribution in [-0.4, -0.2) is 12.1 Å². The second-order valence-electron chi connectivity index (χ2n) is 6.42. The number of hydrogen-bond acceptors (Lipinski definition) is 4. The number of para-hydroxylation sites is 1. The van der Waals surface area contributed by atoms with E-state index in [1.54, 1.807) is 12.3 Å². The van der Waals surface area contributed by atoms with Crippen LogP contribution >= 0.6 is 34.2 Å². The van der Waals surface area contributed by atoms with Crippen molar-refractivity contribution in [2.45, 2.75) is 6.61 Å². The molecule has 30 heavy (non-hydrogen) atoms. The molecular formula is C23H16ClIN2O3. The van der Waals surface area contributed by atoms with Crippen LogP contribution in [0, 0.1) is 3.57 Å². The Hall–Kier alpha value is -2.84. The summed E-state index contributed by atoms with van der Waals surface area (Å²) in [5.74, 6) is 0.557. The number of benzene rings is 3. The third kappa shape index (κ3) is 4.83. The lowest BCUT2D eigenvalue weighted by Crippen LogP contribution is -2.16. The fourth-order valence-corrected chi connectivity index (χ4v) is 3.69. The number of carbonyl (C=O) groups is 1. The fourth-order valence-electron chi connectivity index (χ4n) is 2.80. The number of ether oxygens (including phenoxy) is 1. The summed E-state index contributed by atoms with van der Waals surface area (Å²) in [5, 5.41) is 5.56. The van der Waals surface area contributed by atoms with Gasteiger partial charge < -0.3 is 9.15 Å². The lowest BCUT2D eigenvalue weighted by atomic mass is 10.2. The average molecular weight is 531 g/mol. The zero-order chi connectivity index (χ0) is 20.9. The van der Waals surface area contributed by atoms with Gasteiger partial charge in [-0.15, -0.1) is 0 Å². The van der Waals surface area contributed by atoms with Crippen LogP contribution in [-0.2, 0) is 6.61 Å². The van der Waals surface area contributed by atoms with Crippen molar-refractivity contribution in [3.8, 4) is 5.75 Å². The predicted molar refractivity (Wildman–Crippen MR) is 126 cm³/mol. The van der Waals surface area contributed by atoms with E-state index in [1.807, 2.05) is 66.7 Å². The molecule has 0 spiro atoms. The number of carbonyl (C=O) groups excluding carboxylic acids is 1. The highest BCUT2D eigenvalue weighted by molar-refractivity contribution is 14.1. The van der Waals surface area contributed by atoms with E-state index in [0.717, 1.165) is 25.8 Å². The number of nitrogens with one attached hydrogen (secondary N) is 1. The van der Waals surface area contributed by atoms with E-state index in [1.165, 1.54) is 0 Å². The Morgan fingerprint density at radius 3 is 2.70 bits per heavy atom. The lowest BCUT2D eigenvalue weighted by molar-refractivity contribution is 0.0929. The maximum absolute atomic E-state index is 12.2. The molecule has 4 aromatic rings. The number of hydrogen-bond donors (Lipinski definition) is 1. The van der Waals surface area contributed by atoms with E-state index in [2.05, 4.69) is 33.1 Å². The Labute approximate surface area is 191 Å². The summed E-state index contributed by atoms with van der Waals surface area (Å²) in [6, 6.07) is 22.4. The van der Waals surface area contributed by atoms with Crippen LogP contribution in [0.2, 0.25) is 5.02 Å². The molecule has 1 heterocycles. The van der Waals surface area contributed by atoms with Crippen molar-refractivity contribution in [3.63, 3.8) is 0 Å².